The van der Waals surface area contributed by atoms with Gasteiger partial charge < -0.3 is 25.5 Å². The third-order valence-corrected chi connectivity index (χ3v) is 13.0. The van der Waals surface area contributed by atoms with E-state index in [0.29, 0.717) is 32.1 Å². The molecule has 0 aliphatic rings. The molecule has 0 aromatic rings. The Morgan fingerprint density at radius 1 is 0.167 bits per heavy atom. The highest BCUT2D eigenvalue weighted by atomic mass is 16.4. The molecule has 0 unspecified atom stereocenters. The number of carbonyl (C=O) groups is 5. The fourth-order valence-electron chi connectivity index (χ4n) is 8.29. The number of carboxylic acid groups (broad SMARTS) is 5. The van der Waals surface area contributed by atoms with E-state index in [0.717, 1.165) is 64.2 Å². The highest BCUT2D eigenvalue weighted by Crippen LogP contribution is 2.15. The summed E-state index contributed by atoms with van der Waals surface area (Å²) in [5, 5.41) is 42.1. The summed E-state index contributed by atoms with van der Waals surface area (Å²) in [6.07, 6.45) is 60.3. The zero-order valence-corrected chi connectivity index (χ0v) is 48.5. The quantitative estimate of drug-likeness (QED) is 0.0367. The molecule has 0 aromatic heterocycles. The normalized spacial score (nSPS) is 10.4. The Hall–Kier alpha value is -2.65. The van der Waals surface area contributed by atoms with Crippen molar-refractivity contribution in [3.05, 3.63) is 0 Å². The topological polar surface area (TPSA) is 186 Å². The van der Waals surface area contributed by atoms with E-state index in [1.165, 1.54) is 238 Å². The Labute approximate surface area is 446 Å². The van der Waals surface area contributed by atoms with Crippen molar-refractivity contribution in [2.75, 3.05) is 0 Å². The third kappa shape index (κ3) is 100. The largest absolute Gasteiger partial charge is 0.481 e. The molecule has 0 heterocycles. The van der Waals surface area contributed by atoms with Crippen LogP contribution < -0.4 is 0 Å². The molecule has 0 aromatic carbocycles. The first-order chi connectivity index (χ1) is 34.9. The summed E-state index contributed by atoms with van der Waals surface area (Å²) in [6.45, 7) is 11.2. The fraction of sp³-hybridized carbons (Fsp3) is 0.919. The molecule has 0 bridgehead atoms. The van der Waals surface area contributed by atoms with Crippen molar-refractivity contribution in [1.29, 1.82) is 0 Å². The predicted molar refractivity (Wildman–Crippen MR) is 307 cm³/mol. The van der Waals surface area contributed by atoms with Gasteiger partial charge in [0.05, 0.1) is 0 Å². The van der Waals surface area contributed by atoms with E-state index in [1.54, 1.807) is 0 Å². The van der Waals surface area contributed by atoms with Crippen molar-refractivity contribution in [2.24, 2.45) is 0 Å². The molecule has 0 saturated carbocycles. The number of hydrogen-bond acceptors (Lipinski definition) is 5. The van der Waals surface area contributed by atoms with Gasteiger partial charge >= 0.3 is 29.8 Å². The van der Waals surface area contributed by atoms with Crippen LogP contribution in [0.2, 0.25) is 0 Å². The van der Waals surface area contributed by atoms with Crippen molar-refractivity contribution in [1.82, 2.24) is 0 Å². The molecule has 0 aliphatic heterocycles. The van der Waals surface area contributed by atoms with E-state index in [1.807, 2.05) is 0 Å². The summed E-state index contributed by atoms with van der Waals surface area (Å²) in [5.41, 5.74) is 0. The van der Waals surface area contributed by atoms with Crippen LogP contribution in [0.4, 0.5) is 0 Å². The maximum atomic E-state index is 10.3. The Morgan fingerprint density at radius 2 is 0.250 bits per heavy atom. The molecule has 432 valence electrons. The average molecular weight is 1030 g/mol. The molecule has 0 rings (SSSR count). The van der Waals surface area contributed by atoms with E-state index in [4.69, 9.17) is 25.5 Å². The van der Waals surface area contributed by atoms with Gasteiger partial charge in [0.1, 0.15) is 0 Å². The van der Waals surface area contributed by atoms with Crippen molar-refractivity contribution in [3.8, 4) is 0 Å². The Morgan fingerprint density at radius 3 is 0.333 bits per heavy atom. The molecule has 10 nitrogen and oxygen atoms in total. The lowest BCUT2D eigenvalue weighted by atomic mass is 10.1. The molecule has 0 radical (unpaired) electrons. The van der Waals surface area contributed by atoms with Gasteiger partial charge in [0.15, 0.2) is 0 Å². The Kier molecular flexibility index (Phi) is 81.4. The maximum Gasteiger partial charge on any atom is 0.303 e. The molecule has 0 atom stereocenters. The molecule has 72 heavy (non-hydrogen) atoms. The third-order valence-electron chi connectivity index (χ3n) is 13.0. The molecule has 5 N–H and O–H groups in total. The second-order valence-corrected chi connectivity index (χ2v) is 20.6. The maximum absolute atomic E-state index is 10.3. The average Bonchev–Trinajstić information content (AvgIpc) is 3.34. The molecule has 0 aliphatic carbocycles. The summed E-state index contributed by atoms with van der Waals surface area (Å²) in [7, 11) is 0. The summed E-state index contributed by atoms with van der Waals surface area (Å²) >= 11 is 0. The molecule has 0 saturated heterocycles. The van der Waals surface area contributed by atoms with Gasteiger partial charge in [-0.15, -0.1) is 0 Å². The van der Waals surface area contributed by atoms with Gasteiger partial charge in [0, 0.05) is 32.1 Å². The summed E-state index contributed by atoms with van der Waals surface area (Å²) in [4.78, 5) is 51.1. The monoisotopic (exact) mass is 1030 g/mol. The highest BCUT2D eigenvalue weighted by Gasteiger charge is 2.01. The van der Waals surface area contributed by atoms with E-state index < -0.39 is 29.8 Å². The van der Waals surface area contributed by atoms with Crippen molar-refractivity contribution < 1.29 is 49.5 Å². The first kappa shape index (κ1) is 78.2. The second-order valence-electron chi connectivity index (χ2n) is 20.6. The van der Waals surface area contributed by atoms with Crippen LogP contribution in [0.3, 0.4) is 0 Å². The number of aliphatic carboxylic acids is 5. The SMILES string of the molecule is CCCCCCCCCCCC(=O)O.CCCCCCCCCCCC(=O)O.CCCCCCCCCCCC(=O)O.CCCCCCCCCCCC(=O)O.CCCCCCCCCCCCCC(=O)O. The van der Waals surface area contributed by atoms with Crippen molar-refractivity contribution in [3.63, 3.8) is 0 Å². The zero-order valence-electron chi connectivity index (χ0n) is 48.5. The van der Waals surface area contributed by atoms with E-state index in [9.17, 15) is 24.0 Å². The highest BCUT2D eigenvalue weighted by molar-refractivity contribution is 5.67. The van der Waals surface area contributed by atoms with Crippen LogP contribution in [0.15, 0.2) is 0 Å². The van der Waals surface area contributed by atoms with Crippen molar-refractivity contribution >= 4 is 29.8 Å². The minimum absolute atomic E-state index is 0.343. The zero-order chi connectivity index (χ0) is 54.7. The van der Waals surface area contributed by atoms with Gasteiger partial charge in [0.2, 0.25) is 0 Å². The van der Waals surface area contributed by atoms with Gasteiger partial charge in [-0.25, -0.2) is 0 Å². The first-order valence-corrected chi connectivity index (χ1v) is 30.9. The first-order valence-electron chi connectivity index (χ1n) is 30.9. The van der Waals surface area contributed by atoms with E-state index in [-0.39, 0.29) is 0 Å². The lowest BCUT2D eigenvalue weighted by Gasteiger charge is -2.01. The number of carboxylic acids is 5. The summed E-state index contributed by atoms with van der Waals surface area (Å²) < 4.78 is 0. The lowest BCUT2D eigenvalue weighted by molar-refractivity contribution is -0.138. The van der Waals surface area contributed by atoms with Crippen LogP contribution >= 0.6 is 0 Å². The van der Waals surface area contributed by atoms with Crippen LogP contribution in [0.25, 0.3) is 0 Å². The van der Waals surface area contributed by atoms with E-state index >= 15 is 0 Å². The minimum Gasteiger partial charge on any atom is -0.481 e. The summed E-state index contributed by atoms with van der Waals surface area (Å²) in [6, 6.07) is 0. The number of hydrogen-bond donors (Lipinski definition) is 5. The predicted octanol–water partition coefficient (Wildman–Crippen LogP) is 20.7. The summed E-state index contributed by atoms with van der Waals surface area (Å²) in [5.74, 6) is -3.29. The number of rotatable bonds is 52. The van der Waals surface area contributed by atoms with Gasteiger partial charge in [-0.2, -0.15) is 0 Å². The van der Waals surface area contributed by atoms with Crippen molar-refractivity contribution in [2.45, 2.75) is 369 Å². The van der Waals surface area contributed by atoms with Gasteiger partial charge in [-0.3, -0.25) is 24.0 Å². The van der Waals surface area contributed by atoms with Crippen LogP contribution in [-0.4, -0.2) is 55.4 Å². The molecule has 0 amide bonds. The number of unbranched alkanes of at least 4 members (excludes halogenated alkanes) is 42. The van der Waals surface area contributed by atoms with Crippen LogP contribution in [0.1, 0.15) is 369 Å². The molecule has 0 fully saturated rings. The molecule has 10 heteroatoms. The Bertz CT molecular complexity index is 936. The van der Waals surface area contributed by atoms with Gasteiger partial charge in [-0.05, 0) is 32.1 Å². The molecular formula is C62H124O10. The molecular weight excluding hydrogens is 905 g/mol. The van der Waals surface area contributed by atoms with Crippen LogP contribution in [0, 0.1) is 0 Å². The smallest absolute Gasteiger partial charge is 0.303 e. The van der Waals surface area contributed by atoms with Gasteiger partial charge in [0.25, 0.3) is 0 Å². The van der Waals surface area contributed by atoms with Crippen LogP contribution in [0.5, 0.6) is 0 Å². The Balaban J connectivity index is -0.000000260. The van der Waals surface area contributed by atoms with E-state index in [2.05, 4.69) is 34.6 Å². The lowest BCUT2D eigenvalue weighted by Crippen LogP contribution is -1.93. The fourth-order valence-corrected chi connectivity index (χ4v) is 8.29. The minimum atomic E-state index is -0.659. The van der Waals surface area contributed by atoms with Crippen LogP contribution in [-0.2, 0) is 24.0 Å². The standard InChI is InChI=1S/C14H28O2.4C12H24O2/c1-2-3-4-5-6-7-8-9-10-11-12-13-14(15)16;4*1-2-3-4-5-6-7-8-9-10-11-12(13)14/h2-13H2,1H3,(H,15,16);4*2-11H2,1H3,(H,13,14). The second kappa shape index (κ2) is 74.9. The van der Waals surface area contributed by atoms with Gasteiger partial charge in [-0.1, -0.05) is 304 Å². The molecule has 0 spiro atoms.